The molecule has 0 unspecified atom stereocenters. The molecule has 128 valence electrons. The van der Waals surface area contributed by atoms with Gasteiger partial charge in [-0.15, -0.1) is 11.3 Å². The predicted molar refractivity (Wildman–Crippen MR) is 106 cm³/mol. The molecule has 0 aliphatic carbocycles. The van der Waals surface area contributed by atoms with Gasteiger partial charge in [0.2, 0.25) is 4.80 Å². The average Bonchev–Trinajstić information content (AvgIpc) is 2.95. The lowest BCUT2D eigenvalue weighted by Gasteiger charge is -2.04. The highest BCUT2D eigenvalue weighted by molar-refractivity contribution is 9.10. The fourth-order valence-electron chi connectivity index (χ4n) is 2.25. The third-order valence-electron chi connectivity index (χ3n) is 3.36. The molecule has 0 radical (unpaired) electrons. The van der Waals surface area contributed by atoms with Gasteiger partial charge in [-0.25, -0.2) is 9.07 Å². The normalized spacial score (nSPS) is 12.4. The smallest absolute Gasteiger partial charge is 0.206 e. The molecule has 0 N–H and O–H groups in total. The Morgan fingerprint density at radius 2 is 1.92 bits per heavy atom. The molecule has 1 aromatic heterocycles. The number of halogens is 2. The van der Waals surface area contributed by atoms with E-state index in [2.05, 4.69) is 26.0 Å². The van der Waals surface area contributed by atoms with Gasteiger partial charge in [0.05, 0.1) is 11.9 Å². The van der Waals surface area contributed by atoms with Crippen LogP contribution >= 0.6 is 27.3 Å². The first-order valence-electron chi connectivity index (χ1n) is 7.83. The summed E-state index contributed by atoms with van der Waals surface area (Å²) in [6.07, 6.45) is 1.65. The van der Waals surface area contributed by atoms with E-state index < -0.39 is 0 Å². The van der Waals surface area contributed by atoms with Crippen molar-refractivity contribution in [2.75, 3.05) is 0 Å². The van der Waals surface area contributed by atoms with Crippen molar-refractivity contribution >= 4 is 33.5 Å². The van der Waals surface area contributed by atoms with E-state index in [1.54, 1.807) is 17.0 Å². The molecule has 0 saturated carbocycles. The summed E-state index contributed by atoms with van der Waals surface area (Å²) in [5.74, 6) is -0.278. The number of rotatable bonds is 4. The summed E-state index contributed by atoms with van der Waals surface area (Å²) in [5, 5.41) is 6.59. The van der Waals surface area contributed by atoms with Gasteiger partial charge in [0, 0.05) is 21.5 Å². The average molecular weight is 418 g/mol. The maximum Gasteiger partial charge on any atom is 0.206 e. The Balaban J connectivity index is 2.08. The van der Waals surface area contributed by atoms with Gasteiger partial charge in [-0.05, 0) is 43.7 Å². The van der Waals surface area contributed by atoms with Crippen LogP contribution in [-0.4, -0.2) is 16.9 Å². The van der Waals surface area contributed by atoms with Gasteiger partial charge in [0.25, 0.3) is 0 Å². The summed E-state index contributed by atoms with van der Waals surface area (Å²) in [6.45, 7) is 4.05. The highest BCUT2D eigenvalue weighted by Gasteiger charge is 2.08. The zero-order valence-corrected chi connectivity index (χ0v) is 16.3. The molecule has 6 heteroatoms. The third-order valence-corrected chi connectivity index (χ3v) is 4.72. The highest BCUT2D eigenvalue weighted by Crippen LogP contribution is 2.22. The van der Waals surface area contributed by atoms with Gasteiger partial charge in [-0.2, -0.15) is 5.10 Å². The molecule has 3 aromatic rings. The number of aromatic nitrogens is 1. The van der Waals surface area contributed by atoms with Crippen LogP contribution in [0.4, 0.5) is 4.39 Å². The van der Waals surface area contributed by atoms with E-state index in [1.165, 1.54) is 23.5 Å². The molecule has 0 fully saturated rings. The summed E-state index contributed by atoms with van der Waals surface area (Å²) in [7, 11) is 0. The van der Waals surface area contributed by atoms with Crippen molar-refractivity contribution in [1.82, 2.24) is 4.68 Å². The minimum Gasteiger partial charge on any atom is -0.255 e. The maximum absolute atomic E-state index is 13.4. The van der Waals surface area contributed by atoms with Crippen molar-refractivity contribution in [3.63, 3.8) is 0 Å². The van der Waals surface area contributed by atoms with Gasteiger partial charge in [0.1, 0.15) is 5.82 Å². The largest absolute Gasteiger partial charge is 0.255 e. The summed E-state index contributed by atoms with van der Waals surface area (Å²) in [5.41, 5.74) is 2.70. The summed E-state index contributed by atoms with van der Waals surface area (Å²) in [4.78, 5) is 5.44. The van der Waals surface area contributed by atoms with Crippen LogP contribution in [0.1, 0.15) is 19.4 Å². The number of benzene rings is 2. The van der Waals surface area contributed by atoms with Crippen LogP contribution in [0.25, 0.3) is 11.3 Å². The molecule has 0 aliphatic rings. The Morgan fingerprint density at radius 1 is 1.16 bits per heavy atom. The van der Waals surface area contributed by atoms with Crippen LogP contribution < -0.4 is 4.80 Å². The monoisotopic (exact) mass is 417 g/mol. The lowest BCUT2D eigenvalue weighted by Crippen LogP contribution is -2.14. The Hall–Kier alpha value is -2.05. The SMILES string of the molecule is CC(C)N=c1scc(-c2ccc(Br)cc2)n1N=Cc1cccc(F)c1. The molecule has 0 spiro atoms. The molecule has 0 aliphatic heterocycles. The molecule has 3 nitrogen and oxygen atoms in total. The van der Waals surface area contributed by atoms with E-state index in [9.17, 15) is 4.39 Å². The Morgan fingerprint density at radius 3 is 2.60 bits per heavy atom. The molecule has 0 bridgehead atoms. The molecule has 0 saturated heterocycles. The predicted octanol–water partition coefficient (Wildman–Crippen LogP) is 5.31. The van der Waals surface area contributed by atoms with Crippen LogP contribution in [0.2, 0.25) is 0 Å². The van der Waals surface area contributed by atoms with Crippen LogP contribution in [0.5, 0.6) is 0 Å². The summed E-state index contributed by atoms with van der Waals surface area (Å²) in [6, 6.07) is 14.6. The van der Waals surface area contributed by atoms with E-state index in [-0.39, 0.29) is 11.9 Å². The fourth-order valence-corrected chi connectivity index (χ4v) is 3.49. The molecule has 0 amide bonds. The second kappa shape index (κ2) is 7.89. The van der Waals surface area contributed by atoms with Gasteiger partial charge in [-0.1, -0.05) is 40.2 Å². The van der Waals surface area contributed by atoms with Crippen LogP contribution in [0, 0.1) is 5.82 Å². The number of hydrogen-bond acceptors (Lipinski definition) is 3. The molecular weight excluding hydrogens is 401 g/mol. The van der Waals surface area contributed by atoms with Crippen LogP contribution in [-0.2, 0) is 0 Å². The van der Waals surface area contributed by atoms with E-state index in [1.807, 2.05) is 49.6 Å². The maximum atomic E-state index is 13.4. The number of nitrogens with zero attached hydrogens (tertiary/aromatic N) is 3. The van der Waals surface area contributed by atoms with Crippen molar-refractivity contribution in [2.45, 2.75) is 19.9 Å². The lowest BCUT2D eigenvalue weighted by molar-refractivity contribution is 0.627. The number of hydrogen-bond donors (Lipinski definition) is 0. The zero-order valence-electron chi connectivity index (χ0n) is 13.9. The van der Waals surface area contributed by atoms with E-state index in [0.717, 1.165) is 20.5 Å². The minimum absolute atomic E-state index is 0.159. The molecule has 3 rings (SSSR count). The molecule has 1 heterocycles. The molecule has 0 atom stereocenters. The van der Waals surface area contributed by atoms with E-state index in [4.69, 9.17) is 0 Å². The molecule has 2 aromatic carbocycles. The zero-order chi connectivity index (χ0) is 17.8. The van der Waals surface area contributed by atoms with Crippen molar-refractivity contribution < 1.29 is 4.39 Å². The number of thiazole rings is 1. The first kappa shape index (κ1) is 17.8. The van der Waals surface area contributed by atoms with Crippen molar-refractivity contribution in [1.29, 1.82) is 0 Å². The Bertz CT molecular complexity index is 955. The van der Waals surface area contributed by atoms with Crippen molar-refractivity contribution in [2.24, 2.45) is 10.1 Å². The van der Waals surface area contributed by atoms with Crippen LogP contribution in [0.3, 0.4) is 0 Å². The van der Waals surface area contributed by atoms with Gasteiger partial charge < -0.3 is 0 Å². The Labute approximate surface area is 158 Å². The van der Waals surface area contributed by atoms with Crippen molar-refractivity contribution in [3.8, 4) is 11.3 Å². The minimum atomic E-state index is -0.278. The van der Waals surface area contributed by atoms with Gasteiger partial charge in [0.15, 0.2) is 0 Å². The standard InChI is InChI=1S/C19H17BrFN3S/c1-13(2)23-19-24(22-11-14-4-3-5-17(21)10-14)18(12-25-19)15-6-8-16(20)9-7-15/h3-13H,1-2H3. The third kappa shape index (κ3) is 4.52. The highest BCUT2D eigenvalue weighted by atomic mass is 79.9. The topological polar surface area (TPSA) is 29.6 Å². The Kier molecular flexibility index (Phi) is 5.60. The molecule has 25 heavy (non-hydrogen) atoms. The second-order valence-electron chi connectivity index (χ2n) is 5.74. The first-order valence-corrected chi connectivity index (χ1v) is 9.50. The fraction of sp³-hybridized carbons (Fsp3) is 0.158. The lowest BCUT2D eigenvalue weighted by atomic mass is 10.2. The molecular formula is C19H17BrFN3S. The summed E-state index contributed by atoms with van der Waals surface area (Å²) >= 11 is 4.99. The van der Waals surface area contributed by atoms with Gasteiger partial charge >= 0.3 is 0 Å². The van der Waals surface area contributed by atoms with Gasteiger partial charge in [-0.3, -0.25) is 4.99 Å². The van der Waals surface area contributed by atoms with E-state index >= 15 is 0 Å². The van der Waals surface area contributed by atoms with E-state index in [0.29, 0.717) is 5.56 Å². The summed E-state index contributed by atoms with van der Waals surface area (Å²) < 4.78 is 16.2. The quantitative estimate of drug-likeness (QED) is 0.514. The van der Waals surface area contributed by atoms with Crippen molar-refractivity contribution in [3.05, 3.63) is 74.6 Å². The van der Waals surface area contributed by atoms with Crippen LogP contribution in [0.15, 0.2) is 68.5 Å². The second-order valence-corrected chi connectivity index (χ2v) is 7.50. The first-order chi connectivity index (χ1) is 12.0.